The van der Waals surface area contributed by atoms with Crippen LogP contribution in [0.3, 0.4) is 0 Å². The fourth-order valence-corrected chi connectivity index (χ4v) is 6.06. The Hall–Kier alpha value is -1.00. The summed E-state index contributed by atoms with van der Waals surface area (Å²) >= 11 is 0. The molecule has 142 valence electrons. The van der Waals surface area contributed by atoms with Gasteiger partial charge in [0, 0.05) is 25.7 Å². The number of rotatable bonds is 6. The second kappa shape index (κ2) is 7.71. The van der Waals surface area contributed by atoms with Crippen LogP contribution < -0.4 is 10.5 Å². The van der Waals surface area contributed by atoms with Crippen LogP contribution in [0, 0.1) is 11.8 Å². The highest BCUT2D eigenvalue weighted by molar-refractivity contribution is 7.89. The minimum Gasteiger partial charge on any atom is -0.329 e. The molecule has 1 aromatic carbocycles. The molecule has 0 aromatic heterocycles. The maximum absolute atomic E-state index is 12.8. The Balaban J connectivity index is 2.24. The van der Waals surface area contributed by atoms with E-state index in [0.717, 1.165) is 6.42 Å². The Bertz CT molecular complexity index is 781. The van der Waals surface area contributed by atoms with Crippen LogP contribution in [-0.4, -0.2) is 46.8 Å². The molecule has 9 heteroatoms. The van der Waals surface area contributed by atoms with Gasteiger partial charge in [-0.2, -0.15) is 4.31 Å². The quantitative estimate of drug-likeness (QED) is 0.754. The minimum absolute atomic E-state index is 0.0205. The van der Waals surface area contributed by atoms with Crippen molar-refractivity contribution in [1.29, 1.82) is 0 Å². The average Bonchev–Trinajstić information content (AvgIpc) is 2.53. The lowest BCUT2D eigenvalue weighted by Crippen LogP contribution is -2.42. The van der Waals surface area contributed by atoms with Gasteiger partial charge in [0.2, 0.25) is 20.0 Å². The average molecular weight is 390 g/mol. The lowest BCUT2D eigenvalue weighted by Gasteiger charge is -2.34. The van der Waals surface area contributed by atoms with Gasteiger partial charge in [-0.3, -0.25) is 0 Å². The SMILES string of the molecule is CC1CC(C)CN(S(=O)(=O)c2ccc(S(=O)(=O)N[C@@H](C)CN)cc2)C1. The molecule has 3 atom stereocenters. The Labute approximate surface area is 150 Å². The summed E-state index contributed by atoms with van der Waals surface area (Å²) in [6.45, 7) is 6.90. The monoisotopic (exact) mass is 389 g/mol. The molecule has 25 heavy (non-hydrogen) atoms. The van der Waals surface area contributed by atoms with Gasteiger partial charge in [-0.05, 0) is 49.4 Å². The van der Waals surface area contributed by atoms with Crippen molar-refractivity contribution in [3.05, 3.63) is 24.3 Å². The zero-order valence-electron chi connectivity index (χ0n) is 14.8. The summed E-state index contributed by atoms with van der Waals surface area (Å²) in [6, 6.07) is 4.93. The molecule has 3 N–H and O–H groups in total. The fraction of sp³-hybridized carbons (Fsp3) is 0.625. The van der Waals surface area contributed by atoms with Crippen LogP contribution >= 0.6 is 0 Å². The van der Waals surface area contributed by atoms with Gasteiger partial charge in [0.1, 0.15) is 0 Å². The number of benzene rings is 1. The van der Waals surface area contributed by atoms with E-state index in [0.29, 0.717) is 24.9 Å². The van der Waals surface area contributed by atoms with Gasteiger partial charge in [-0.1, -0.05) is 13.8 Å². The first-order chi connectivity index (χ1) is 11.6. The van der Waals surface area contributed by atoms with E-state index in [4.69, 9.17) is 5.73 Å². The number of hydrogen-bond acceptors (Lipinski definition) is 5. The lowest BCUT2D eigenvalue weighted by atomic mass is 9.94. The first-order valence-corrected chi connectivity index (χ1v) is 11.3. The first kappa shape index (κ1) is 20.3. The van der Waals surface area contributed by atoms with Crippen molar-refractivity contribution in [1.82, 2.24) is 9.03 Å². The normalized spacial score (nSPS) is 24.2. The van der Waals surface area contributed by atoms with Gasteiger partial charge in [0.15, 0.2) is 0 Å². The second-order valence-electron chi connectivity index (χ2n) is 7.00. The summed E-state index contributed by atoms with van der Waals surface area (Å²) in [6.07, 6.45) is 1.01. The third-order valence-corrected chi connectivity index (χ3v) is 7.77. The zero-order chi connectivity index (χ0) is 18.8. The molecule has 0 saturated carbocycles. The molecule has 2 unspecified atom stereocenters. The Kier molecular flexibility index (Phi) is 6.26. The topological polar surface area (TPSA) is 110 Å². The van der Waals surface area contributed by atoms with E-state index in [9.17, 15) is 16.8 Å². The predicted molar refractivity (Wildman–Crippen MR) is 97.0 cm³/mol. The Morgan fingerprint density at radius 1 is 1.08 bits per heavy atom. The first-order valence-electron chi connectivity index (χ1n) is 8.39. The highest BCUT2D eigenvalue weighted by atomic mass is 32.2. The van der Waals surface area contributed by atoms with Gasteiger partial charge in [-0.15, -0.1) is 0 Å². The molecule has 2 rings (SSSR count). The van der Waals surface area contributed by atoms with Crippen molar-refractivity contribution in [2.75, 3.05) is 19.6 Å². The summed E-state index contributed by atoms with van der Waals surface area (Å²) in [5, 5.41) is 0. The van der Waals surface area contributed by atoms with Crippen LogP contribution in [0.25, 0.3) is 0 Å². The Morgan fingerprint density at radius 2 is 1.56 bits per heavy atom. The number of nitrogens with zero attached hydrogens (tertiary/aromatic N) is 1. The molecule has 1 aliphatic rings. The standard InChI is InChI=1S/C16H27N3O4S2/c1-12-8-13(2)11-19(10-12)25(22,23)16-6-4-15(5-7-16)24(20,21)18-14(3)9-17/h4-7,12-14,18H,8-11,17H2,1-3H3/t12?,13?,14-/m0/s1. The molecule has 0 amide bonds. The van der Waals surface area contributed by atoms with E-state index >= 15 is 0 Å². The van der Waals surface area contributed by atoms with E-state index in [1.165, 1.54) is 28.6 Å². The minimum atomic E-state index is -3.71. The largest absolute Gasteiger partial charge is 0.329 e. The summed E-state index contributed by atoms with van der Waals surface area (Å²) in [5.74, 6) is 0.611. The van der Waals surface area contributed by atoms with E-state index < -0.39 is 26.1 Å². The van der Waals surface area contributed by atoms with Crippen molar-refractivity contribution in [3.63, 3.8) is 0 Å². The van der Waals surface area contributed by atoms with Gasteiger partial charge in [0.05, 0.1) is 9.79 Å². The number of sulfonamides is 2. The molecule has 7 nitrogen and oxygen atoms in total. The Morgan fingerprint density at radius 3 is 2.04 bits per heavy atom. The molecule has 1 heterocycles. The number of piperidine rings is 1. The summed E-state index contributed by atoms with van der Waals surface area (Å²) in [5.41, 5.74) is 5.43. The molecule has 0 spiro atoms. The molecule has 0 bridgehead atoms. The van der Waals surface area contributed by atoms with Crippen molar-refractivity contribution >= 4 is 20.0 Å². The highest BCUT2D eigenvalue weighted by Gasteiger charge is 2.31. The molecule has 0 aliphatic carbocycles. The zero-order valence-corrected chi connectivity index (χ0v) is 16.5. The third kappa shape index (κ3) is 4.79. The van der Waals surface area contributed by atoms with Crippen molar-refractivity contribution in [2.45, 2.75) is 43.0 Å². The van der Waals surface area contributed by atoms with Crippen molar-refractivity contribution in [2.24, 2.45) is 17.6 Å². The van der Waals surface area contributed by atoms with Crippen molar-refractivity contribution < 1.29 is 16.8 Å². The molecule has 1 aliphatic heterocycles. The van der Waals surface area contributed by atoms with Crippen LogP contribution in [0.15, 0.2) is 34.1 Å². The van der Waals surface area contributed by atoms with Crippen LogP contribution in [0.5, 0.6) is 0 Å². The van der Waals surface area contributed by atoms with E-state index in [1.807, 2.05) is 13.8 Å². The lowest BCUT2D eigenvalue weighted by molar-refractivity contribution is 0.222. The molecule has 0 radical (unpaired) electrons. The second-order valence-corrected chi connectivity index (χ2v) is 10.6. The smallest absolute Gasteiger partial charge is 0.243 e. The molecular formula is C16H27N3O4S2. The summed E-state index contributed by atoms with van der Waals surface area (Å²) in [7, 11) is -7.33. The third-order valence-electron chi connectivity index (χ3n) is 4.32. The van der Waals surface area contributed by atoms with Crippen LogP contribution in [-0.2, 0) is 20.0 Å². The number of nitrogens with two attached hydrogens (primary N) is 1. The molecule has 1 fully saturated rings. The van der Waals surface area contributed by atoms with Crippen LogP contribution in [0.4, 0.5) is 0 Å². The van der Waals surface area contributed by atoms with Gasteiger partial charge < -0.3 is 5.73 Å². The van der Waals surface area contributed by atoms with E-state index in [1.54, 1.807) is 6.92 Å². The molecule has 1 saturated heterocycles. The van der Waals surface area contributed by atoms with E-state index in [-0.39, 0.29) is 16.3 Å². The van der Waals surface area contributed by atoms with Crippen LogP contribution in [0.2, 0.25) is 0 Å². The number of hydrogen-bond donors (Lipinski definition) is 2. The van der Waals surface area contributed by atoms with Gasteiger partial charge in [-0.25, -0.2) is 21.6 Å². The maximum Gasteiger partial charge on any atom is 0.243 e. The van der Waals surface area contributed by atoms with Crippen LogP contribution in [0.1, 0.15) is 27.2 Å². The van der Waals surface area contributed by atoms with Crippen molar-refractivity contribution in [3.8, 4) is 0 Å². The van der Waals surface area contributed by atoms with Gasteiger partial charge >= 0.3 is 0 Å². The predicted octanol–water partition coefficient (Wildman–Crippen LogP) is 0.979. The van der Waals surface area contributed by atoms with Gasteiger partial charge in [0.25, 0.3) is 0 Å². The summed E-state index contributed by atoms with van der Waals surface area (Å²) in [4.78, 5) is 0.131. The summed E-state index contributed by atoms with van der Waals surface area (Å²) < 4.78 is 54.0. The molecule has 1 aromatic rings. The van der Waals surface area contributed by atoms with E-state index in [2.05, 4.69) is 4.72 Å². The highest BCUT2D eigenvalue weighted by Crippen LogP contribution is 2.27. The number of nitrogens with one attached hydrogen (secondary N) is 1. The molecular weight excluding hydrogens is 362 g/mol. The fourth-order valence-electron chi connectivity index (χ4n) is 3.12. The maximum atomic E-state index is 12.8.